The number of aromatic nitrogens is 1. The average molecular weight is 346 g/mol. The van der Waals surface area contributed by atoms with Crippen LogP contribution in [0.15, 0.2) is 59.4 Å². The molecule has 21 heavy (non-hydrogen) atoms. The fraction of sp³-hybridized carbons (Fsp3) is 0.125. The van der Waals surface area contributed by atoms with Crippen LogP contribution in [0.2, 0.25) is 0 Å². The number of benzene rings is 2. The summed E-state index contributed by atoms with van der Waals surface area (Å²) in [6.07, 6.45) is 0.331. The molecule has 0 fully saturated rings. The molecule has 2 aromatic carbocycles. The third-order valence-corrected chi connectivity index (χ3v) is 5.81. The van der Waals surface area contributed by atoms with E-state index in [2.05, 4.69) is 0 Å². The minimum absolute atomic E-state index is 0.172. The van der Waals surface area contributed by atoms with Crippen LogP contribution >= 0.6 is 0 Å². The van der Waals surface area contributed by atoms with E-state index < -0.39 is 12.0 Å². The van der Waals surface area contributed by atoms with Crippen LogP contribution in [-0.4, -0.2) is 29.4 Å². The van der Waals surface area contributed by atoms with Gasteiger partial charge in [0.2, 0.25) is 0 Å². The number of carbonyl (C=O) groups is 1. The van der Waals surface area contributed by atoms with Crippen LogP contribution in [0.3, 0.4) is 0 Å². The zero-order valence-electron chi connectivity index (χ0n) is 11.1. The minimum atomic E-state index is -0.957. The van der Waals surface area contributed by atoms with E-state index in [-0.39, 0.29) is 20.3 Å². The summed E-state index contributed by atoms with van der Waals surface area (Å²) in [6, 6.07) is 15.9. The molecule has 0 aliphatic rings. The maximum atomic E-state index is 12.4. The number of hydrogen-bond donors (Lipinski definition) is 1. The first kappa shape index (κ1) is 13.9. The summed E-state index contributed by atoms with van der Waals surface area (Å²) in [6.45, 7) is 0. The Hall–Kier alpha value is -2.10. The van der Waals surface area contributed by atoms with Crippen LogP contribution < -0.4 is 5.56 Å². The van der Waals surface area contributed by atoms with Crippen LogP contribution in [0.25, 0.3) is 9.65 Å². The summed E-state index contributed by atoms with van der Waals surface area (Å²) >= 11 is -0.272. The Morgan fingerprint density at radius 3 is 2.43 bits per heavy atom. The summed E-state index contributed by atoms with van der Waals surface area (Å²) in [7, 11) is 0. The van der Waals surface area contributed by atoms with Gasteiger partial charge in [0.25, 0.3) is 0 Å². The molecule has 1 atom stereocenters. The van der Waals surface area contributed by atoms with Crippen molar-refractivity contribution in [1.82, 2.24) is 3.56 Å². The van der Waals surface area contributed by atoms with Crippen molar-refractivity contribution in [3.05, 3.63) is 70.5 Å². The number of aliphatic carboxylic acids is 1. The molecule has 1 aromatic heterocycles. The first-order valence-electron chi connectivity index (χ1n) is 6.54. The average Bonchev–Trinajstić information content (AvgIpc) is 2.83. The molecule has 0 bridgehead atoms. The Morgan fingerprint density at radius 2 is 1.76 bits per heavy atom. The zero-order chi connectivity index (χ0) is 14.8. The Bertz CT molecular complexity index is 835. The van der Waals surface area contributed by atoms with Crippen LogP contribution in [0.4, 0.5) is 0 Å². The van der Waals surface area contributed by atoms with Crippen LogP contribution in [0.5, 0.6) is 0 Å². The molecule has 1 heterocycles. The van der Waals surface area contributed by atoms with Crippen LogP contribution in [0.1, 0.15) is 11.6 Å². The number of carboxylic acid groups (broad SMARTS) is 1. The van der Waals surface area contributed by atoms with E-state index in [0.717, 1.165) is 9.82 Å². The van der Waals surface area contributed by atoms with E-state index in [1.165, 1.54) is 3.56 Å². The fourth-order valence-electron chi connectivity index (χ4n) is 2.30. The molecule has 4 nitrogen and oxygen atoms in total. The van der Waals surface area contributed by atoms with Gasteiger partial charge in [0.1, 0.15) is 0 Å². The molecule has 0 saturated heterocycles. The predicted octanol–water partition coefficient (Wildman–Crippen LogP) is 1.93. The van der Waals surface area contributed by atoms with E-state index in [9.17, 15) is 14.7 Å². The van der Waals surface area contributed by atoms with Crippen molar-refractivity contribution in [2.75, 3.05) is 0 Å². The number of fused-ring (bicyclic) bond motifs is 1. The van der Waals surface area contributed by atoms with Crippen molar-refractivity contribution in [2.24, 2.45) is 0 Å². The fourth-order valence-corrected chi connectivity index (χ4v) is 4.56. The van der Waals surface area contributed by atoms with Gasteiger partial charge < -0.3 is 0 Å². The van der Waals surface area contributed by atoms with Gasteiger partial charge in [-0.25, -0.2) is 0 Å². The standard InChI is InChI=1S/C16H13NO3Se/c18-15-12-8-4-5-9-14(12)21-17(15)13(16(19)20)10-11-6-2-1-3-7-11/h1-9,13H,10H2,(H,19,20). The van der Waals surface area contributed by atoms with Gasteiger partial charge in [0, 0.05) is 0 Å². The molecular formula is C16H13NO3Se. The zero-order valence-corrected chi connectivity index (χ0v) is 12.8. The summed E-state index contributed by atoms with van der Waals surface area (Å²) in [4.78, 5) is 24.0. The van der Waals surface area contributed by atoms with Crippen molar-refractivity contribution in [3.8, 4) is 0 Å². The van der Waals surface area contributed by atoms with E-state index in [4.69, 9.17) is 0 Å². The van der Waals surface area contributed by atoms with Crippen LogP contribution in [0, 0.1) is 0 Å². The van der Waals surface area contributed by atoms with Gasteiger partial charge in [0.05, 0.1) is 0 Å². The predicted molar refractivity (Wildman–Crippen MR) is 82.0 cm³/mol. The van der Waals surface area contributed by atoms with E-state index in [1.54, 1.807) is 6.07 Å². The van der Waals surface area contributed by atoms with Gasteiger partial charge in [-0.1, -0.05) is 0 Å². The molecule has 3 aromatic rings. The van der Waals surface area contributed by atoms with Crippen molar-refractivity contribution >= 4 is 30.3 Å². The molecule has 106 valence electrons. The Kier molecular flexibility index (Phi) is 3.77. The van der Waals surface area contributed by atoms with E-state index in [0.29, 0.717) is 11.8 Å². The second-order valence-electron chi connectivity index (χ2n) is 4.76. The molecule has 5 heteroatoms. The summed E-state index contributed by atoms with van der Waals surface area (Å²) < 4.78 is 2.46. The van der Waals surface area contributed by atoms with Gasteiger partial charge in [0.15, 0.2) is 0 Å². The van der Waals surface area contributed by atoms with E-state index >= 15 is 0 Å². The number of rotatable bonds is 4. The van der Waals surface area contributed by atoms with Gasteiger partial charge in [-0.15, -0.1) is 0 Å². The molecule has 0 saturated carbocycles. The van der Waals surface area contributed by atoms with Crippen molar-refractivity contribution < 1.29 is 9.90 Å². The third-order valence-electron chi connectivity index (χ3n) is 3.35. The maximum absolute atomic E-state index is 12.4. The van der Waals surface area contributed by atoms with Gasteiger partial charge >= 0.3 is 127 Å². The molecule has 0 spiro atoms. The van der Waals surface area contributed by atoms with Crippen molar-refractivity contribution in [1.29, 1.82) is 0 Å². The SMILES string of the molecule is O=C(O)C(Cc1ccccc1)n1[se]c2ccccc2c1=O. The quantitative estimate of drug-likeness (QED) is 0.735. The van der Waals surface area contributed by atoms with E-state index in [1.807, 2.05) is 48.5 Å². The first-order valence-corrected chi connectivity index (χ1v) is 8.16. The third kappa shape index (κ3) is 2.71. The number of hydrogen-bond acceptors (Lipinski definition) is 2. The number of carboxylic acids is 1. The monoisotopic (exact) mass is 347 g/mol. The molecule has 0 aliphatic heterocycles. The molecule has 3 rings (SSSR count). The molecule has 0 radical (unpaired) electrons. The molecule has 1 N–H and O–H groups in total. The van der Waals surface area contributed by atoms with Crippen molar-refractivity contribution in [3.63, 3.8) is 0 Å². The summed E-state index contributed by atoms with van der Waals surface area (Å²) in [5.41, 5.74) is 0.749. The molecular weight excluding hydrogens is 333 g/mol. The first-order chi connectivity index (χ1) is 10.2. The number of nitrogens with zero attached hydrogens (tertiary/aromatic N) is 1. The molecule has 0 amide bonds. The van der Waals surface area contributed by atoms with Gasteiger partial charge in [-0.05, 0) is 0 Å². The van der Waals surface area contributed by atoms with Gasteiger partial charge in [-0.3, -0.25) is 0 Å². The van der Waals surface area contributed by atoms with Crippen molar-refractivity contribution in [2.45, 2.75) is 12.5 Å². The Morgan fingerprint density at radius 1 is 1.10 bits per heavy atom. The second kappa shape index (κ2) is 5.72. The van der Waals surface area contributed by atoms with Gasteiger partial charge in [-0.2, -0.15) is 0 Å². The topological polar surface area (TPSA) is 59.3 Å². The normalized spacial score (nSPS) is 12.4. The molecule has 1 unspecified atom stereocenters. The summed E-state index contributed by atoms with van der Waals surface area (Å²) in [5.74, 6) is -0.957. The molecule has 0 aliphatic carbocycles. The Balaban J connectivity index is 2.06. The summed E-state index contributed by atoms with van der Waals surface area (Å²) in [5, 5.41) is 10.1. The second-order valence-corrected chi connectivity index (χ2v) is 6.89. The van der Waals surface area contributed by atoms with Crippen LogP contribution in [-0.2, 0) is 11.2 Å². The Labute approximate surface area is 127 Å².